The van der Waals surface area contributed by atoms with Crippen molar-refractivity contribution in [1.29, 1.82) is 0 Å². The van der Waals surface area contributed by atoms with Gasteiger partial charge < -0.3 is 9.47 Å². The number of rotatable bonds is 4. The average Bonchev–Trinajstić information content (AvgIpc) is 3.09. The van der Waals surface area contributed by atoms with E-state index in [0.29, 0.717) is 30.0 Å². The van der Waals surface area contributed by atoms with Crippen molar-refractivity contribution in [2.24, 2.45) is 16.9 Å². The molecule has 0 saturated carbocycles. The third-order valence-electron chi connectivity index (χ3n) is 6.83. The number of hydrogen-bond donors (Lipinski definition) is 1. The number of amides is 1. The van der Waals surface area contributed by atoms with E-state index in [2.05, 4.69) is 6.08 Å². The van der Waals surface area contributed by atoms with Crippen molar-refractivity contribution in [2.45, 2.75) is 43.1 Å². The van der Waals surface area contributed by atoms with Gasteiger partial charge in [0.1, 0.15) is 5.60 Å². The Morgan fingerprint density at radius 1 is 1.09 bits per heavy atom. The highest BCUT2D eigenvalue weighted by atomic mass is 32.2. The third-order valence-corrected chi connectivity index (χ3v) is 7.70. The molecule has 2 aromatic carbocycles. The van der Waals surface area contributed by atoms with Gasteiger partial charge in [0.15, 0.2) is 11.5 Å². The molecule has 8 nitrogen and oxygen atoms in total. The Morgan fingerprint density at radius 2 is 1.76 bits per heavy atom. The maximum absolute atomic E-state index is 13.5. The van der Waals surface area contributed by atoms with Crippen molar-refractivity contribution in [3.63, 3.8) is 0 Å². The molecule has 1 amide bonds. The Hall–Kier alpha value is -3.17. The number of carbonyl (C=O) groups is 1. The first-order valence-corrected chi connectivity index (χ1v) is 12.6. The van der Waals surface area contributed by atoms with Gasteiger partial charge in [0, 0.05) is 11.5 Å². The van der Waals surface area contributed by atoms with E-state index >= 15 is 0 Å². The molecule has 0 fully saturated rings. The first-order chi connectivity index (χ1) is 16.1. The Labute approximate surface area is 198 Å². The number of hydrogen-bond acceptors (Lipinski definition) is 6. The van der Waals surface area contributed by atoms with Crippen molar-refractivity contribution < 1.29 is 27.2 Å². The molecule has 2 heterocycles. The van der Waals surface area contributed by atoms with Crippen LogP contribution in [0.15, 0.2) is 64.6 Å². The first kappa shape index (κ1) is 22.6. The van der Waals surface area contributed by atoms with Crippen molar-refractivity contribution in [3.05, 3.63) is 60.2 Å². The Morgan fingerprint density at radius 3 is 2.41 bits per heavy atom. The van der Waals surface area contributed by atoms with E-state index in [1.54, 1.807) is 7.11 Å². The monoisotopic (exact) mass is 482 g/mol. The number of para-hydroxylation sites is 1. The summed E-state index contributed by atoms with van der Waals surface area (Å²) in [6.07, 6.45) is 5.42. The van der Waals surface area contributed by atoms with Gasteiger partial charge in [-0.3, -0.25) is 9.35 Å². The summed E-state index contributed by atoms with van der Waals surface area (Å²) >= 11 is 0. The molecule has 1 N–H and O–H groups in total. The lowest BCUT2D eigenvalue weighted by Crippen LogP contribution is -2.49. The molecule has 178 valence electrons. The Balaban J connectivity index is 1.65. The van der Waals surface area contributed by atoms with Crippen LogP contribution in [-0.4, -0.2) is 37.3 Å². The van der Waals surface area contributed by atoms with E-state index < -0.39 is 15.7 Å². The van der Waals surface area contributed by atoms with Crippen molar-refractivity contribution in [1.82, 2.24) is 0 Å². The number of allylic oxidation sites excluding steroid dienone is 2. The number of carbonyl (C=O) groups excluding carboxylic acids is 1. The van der Waals surface area contributed by atoms with Gasteiger partial charge in [-0.25, -0.2) is 5.01 Å². The van der Waals surface area contributed by atoms with Crippen LogP contribution in [0, 0.1) is 11.8 Å². The lowest BCUT2D eigenvalue weighted by molar-refractivity contribution is -0.124. The van der Waals surface area contributed by atoms with Gasteiger partial charge in [-0.15, -0.1) is 0 Å². The zero-order valence-corrected chi connectivity index (χ0v) is 20.0. The highest BCUT2D eigenvalue weighted by Crippen LogP contribution is 2.52. The molecule has 1 unspecified atom stereocenters. The molecule has 2 aromatic rings. The maximum atomic E-state index is 13.5. The van der Waals surface area contributed by atoms with Crippen LogP contribution >= 0.6 is 0 Å². The minimum absolute atomic E-state index is 0.0733. The van der Waals surface area contributed by atoms with Crippen LogP contribution in [0.4, 0.5) is 5.69 Å². The minimum Gasteiger partial charge on any atom is -0.493 e. The molecule has 0 spiro atoms. The topological polar surface area (TPSA) is 106 Å². The summed E-state index contributed by atoms with van der Waals surface area (Å²) in [5, 5.41) is 6.23. The SMILES string of the molecule is COc1cccc2c1OC(C)(C)C2C1=NN(c2ccc(S(=O)(=O)O)cc2)C(=O)[C@H]2CC=CC[C@@H]12. The van der Waals surface area contributed by atoms with Crippen molar-refractivity contribution in [3.8, 4) is 11.5 Å². The second-order valence-electron chi connectivity index (χ2n) is 9.32. The van der Waals surface area contributed by atoms with Crippen LogP contribution in [0.5, 0.6) is 11.5 Å². The predicted octanol–water partition coefficient (Wildman–Crippen LogP) is 4.18. The normalized spacial score (nSPS) is 25.3. The summed E-state index contributed by atoms with van der Waals surface area (Å²) in [5.41, 5.74) is 1.63. The first-order valence-electron chi connectivity index (χ1n) is 11.1. The molecule has 5 rings (SSSR count). The number of ether oxygens (including phenoxy) is 2. The fraction of sp³-hybridized carbons (Fsp3) is 0.360. The highest BCUT2D eigenvalue weighted by Gasteiger charge is 2.51. The fourth-order valence-corrected chi connectivity index (χ4v) is 5.75. The van der Waals surface area contributed by atoms with Gasteiger partial charge in [-0.1, -0.05) is 24.3 Å². The zero-order valence-electron chi connectivity index (χ0n) is 19.1. The summed E-state index contributed by atoms with van der Waals surface area (Å²) in [6, 6.07) is 11.3. The fourth-order valence-electron chi connectivity index (χ4n) is 5.27. The standard InChI is InChI=1S/C25H26N2O6S/c1-25(2)21(19-9-6-10-20(32-3)23(19)33-25)22-17-7-4-5-8-18(17)24(28)27(26-22)15-11-13-16(14-12-15)34(29,30)31/h4-6,9-14,17-18,21H,7-8H2,1-3H3,(H,29,30,31)/t17-,18+,21?/m1/s1. The molecule has 0 aromatic heterocycles. The van der Waals surface area contributed by atoms with Crippen LogP contribution in [-0.2, 0) is 14.9 Å². The maximum Gasteiger partial charge on any atom is 0.294 e. The van der Waals surface area contributed by atoms with Crippen LogP contribution in [0.2, 0.25) is 0 Å². The van der Waals surface area contributed by atoms with Crippen LogP contribution in [0.1, 0.15) is 38.2 Å². The number of methoxy groups -OCH3 is 1. The molecule has 0 saturated heterocycles. The molecular formula is C25H26N2O6S. The second-order valence-corrected chi connectivity index (χ2v) is 10.7. The molecule has 2 aliphatic heterocycles. The number of hydrazone groups is 1. The molecule has 0 radical (unpaired) electrons. The number of fused-ring (bicyclic) bond motifs is 2. The summed E-state index contributed by atoms with van der Waals surface area (Å²) < 4.78 is 44.1. The second kappa shape index (κ2) is 7.95. The van der Waals surface area contributed by atoms with Gasteiger partial charge in [0.25, 0.3) is 16.0 Å². The van der Waals surface area contributed by atoms with Gasteiger partial charge in [0.05, 0.1) is 35.2 Å². The van der Waals surface area contributed by atoms with E-state index in [4.69, 9.17) is 14.6 Å². The summed E-state index contributed by atoms with van der Waals surface area (Å²) in [5.74, 6) is 0.634. The van der Waals surface area contributed by atoms with E-state index in [1.165, 1.54) is 29.3 Å². The molecule has 34 heavy (non-hydrogen) atoms. The van der Waals surface area contributed by atoms with Crippen LogP contribution < -0.4 is 14.5 Å². The van der Waals surface area contributed by atoms with E-state index in [9.17, 15) is 17.8 Å². The molecule has 1 aliphatic carbocycles. The Bertz CT molecular complexity index is 1310. The lowest BCUT2D eigenvalue weighted by atomic mass is 9.70. The van der Waals surface area contributed by atoms with Gasteiger partial charge >= 0.3 is 0 Å². The quantitative estimate of drug-likeness (QED) is 0.518. The minimum atomic E-state index is -4.34. The Kier molecular flexibility index (Phi) is 5.29. The van der Waals surface area contributed by atoms with E-state index in [0.717, 1.165) is 11.3 Å². The highest BCUT2D eigenvalue weighted by molar-refractivity contribution is 7.85. The number of benzene rings is 2. The molecule has 0 bridgehead atoms. The van der Waals surface area contributed by atoms with E-state index in [-0.39, 0.29) is 28.6 Å². The zero-order chi connectivity index (χ0) is 24.3. The van der Waals surface area contributed by atoms with E-state index in [1.807, 2.05) is 38.1 Å². The number of anilines is 1. The average molecular weight is 483 g/mol. The molecule has 3 atom stereocenters. The summed E-state index contributed by atoms with van der Waals surface area (Å²) in [7, 11) is -2.73. The summed E-state index contributed by atoms with van der Waals surface area (Å²) in [6.45, 7) is 4.02. The largest absolute Gasteiger partial charge is 0.493 e. The third kappa shape index (κ3) is 3.59. The van der Waals surface area contributed by atoms with Gasteiger partial charge in [-0.05, 0) is 57.0 Å². The smallest absolute Gasteiger partial charge is 0.294 e. The molecule has 3 aliphatic rings. The molecule has 9 heteroatoms. The molecular weight excluding hydrogens is 456 g/mol. The number of nitrogens with zero attached hydrogens (tertiary/aromatic N) is 2. The predicted molar refractivity (Wildman–Crippen MR) is 127 cm³/mol. The van der Waals surface area contributed by atoms with Crippen LogP contribution in [0.3, 0.4) is 0 Å². The van der Waals surface area contributed by atoms with Crippen molar-refractivity contribution >= 4 is 27.4 Å². The van der Waals surface area contributed by atoms with Crippen LogP contribution in [0.25, 0.3) is 0 Å². The van der Waals surface area contributed by atoms with Gasteiger partial charge in [0.2, 0.25) is 0 Å². The summed E-state index contributed by atoms with van der Waals surface area (Å²) in [4.78, 5) is 13.2. The lowest BCUT2D eigenvalue weighted by Gasteiger charge is -2.40. The van der Waals surface area contributed by atoms with Crippen molar-refractivity contribution in [2.75, 3.05) is 12.1 Å². The van der Waals surface area contributed by atoms with Gasteiger partial charge in [-0.2, -0.15) is 13.5 Å².